The molecule has 2 saturated heterocycles. The third-order valence-corrected chi connectivity index (χ3v) is 11.5. The number of aliphatic hydroxyl groups excluding tert-OH is 7. The highest BCUT2D eigenvalue weighted by atomic mass is 16.7. The Morgan fingerprint density at radius 2 is 1.00 bits per heavy atom. The van der Waals surface area contributed by atoms with Crippen LogP contribution in [0.5, 0.6) is 0 Å². The normalized spacial score (nSPS) is 27.0. The Bertz CT molecular complexity index is 1170. The molecule has 2 fully saturated rings. The van der Waals surface area contributed by atoms with Crippen molar-refractivity contribution in [3.05, 3.63) is 24.8 Å². The number of ether oxygens (including phenoxy) is 6. The summed E-state index contributed by atoms with van der Waals surface area (Å²) in [5.41, 5.74) is 0. The van der Waals surface area contributed by atoms with E-state index >= 15 is 0 Å². The summed E-state index contributed by atoms with van der Waals surface area (Å²) < 4.78 is 33.5. The Morgan fingerprint density at radius 3 is 1.53 bits per heavy atom. The van der Waals surface area contributed by atoms with E-state index in [4.69, 9.17) is 28.4 Å². The van der Waals surface area contributed by atoms with Crippen molar-refractivity contribution in [3.8, 4) is 0 Å². The van der Waals surface area contributed by atoms with Gasteiger partial charge in [0.2, 0.25) is 0 Å². The van der Waals surface area contributed by atoms with Gasteiger partial charge in [0.25, 0.3) is 0 Å². The Hall–Kier alpha value is -2.02. The van der Waals surface area contributed by atoms with Crippen LogP contribution in [0.2, 0.25) is 0 Å². The summed E-state index contributed by atoms with van der Waals surface area (Å²) in [5, 5.41) is 71.9. The number of unbranched alkanes of at least 4 members (excludes halogenated alkanes) is 20. The van der Waals surface area contributed by atoms with Crippen molar-refractivity contribution in [3.63, 3.8) is 0 Å². The van der Waals surface area contributed by atoms with Gasteiger partial charge in [-0.25, -0.2) is 0 Å². The maximum atomic E-state index is 12.9. The minimum Gasteiger partial charge on any atom is -0.462 e. The number of aliphatic hydroxyl groups is 7. The average Bonchev–Trinajstić information content (AvgIpc) is 3.26. The lowest BCUT2D eigenvalue weighted by Gasteiger charge is -2.42. The van der Waals surface area contributed by atoms with Gasteiger partial charge in [-0.15, -0.1) is 6.58 Å². The summed E-state index contributed by atoms with van der Waals surface area (Å²) in [6.07, 6.45) is 15.4. The smallest absolute Gasteiger partial charge is 0.306 e. The van der Waals surface area contributed by atoms with Crippen LogP contribution in [-0.2, 0) is 38.0 Å². The van der Waals surface area contributed by atoms with Crippen LogP contribution in [0.15, 0.2) is 24.8 Å². The molecule has 0 amide bonds. The van der Waals surface area contributed by atoms with E-state index in [1.54, 1.807) is 0 Å². The van der Waals surface area contributed by atoms with E-state index in [-0.39, 0.29) is 26.1 Å². The molecular weight excluding hydrogens is 805 g/mol. The molecule has 62 heavy (non-hydrogen) atoms. The van der Waals surface area contributed by atoms with Crippen LogP contribution in [0, 0.1) is 0 Å². The summed E-state index contributed by atoms with van der Waals surface area (Å²) in [5.74, 6) is -0.937. The highest BCUT2D eigenvalue weighted by molar-refractivity contribution is 5.70. The van der Waals surface area contributed by atoms with Gasteiger partial charge in [-0.3, -0.25) is 9.59 Å². The standard InChI is InChI=1S/C47H84O15/c1-3-5-7-9-11-13-15-16-17-18-20-21-23-25-27-29-38(49)57-32-35(60-39(50)30-28-26-24-22-19-14-12-10-8-6-4-2)33-58-46-45(56)43(54)41(52)37(62-46)34-59-47-44(55)42(53)40(51)36(31-48)61-47/h3,10,12,35-37,40-48,51-56H,1,4-9,11,13-34H2,2H3/b12-10+/t35-,36-,37-,40+,41+,42?,43?,44?,45?,46-,47-/m1/s1. The second kappa shape index (κ2) is 35.3. The highest BCUT2D eigenvalue weighted by Gasteiger charge is 2.47. The lowest BCUT2D eigenvalue weighted by atomic mass is 9.98. The summed E-state index contributed by atoms with van der Waals surface area (Å²) >= 11 is 0. The van der Waals surface area contributed by atoms with Gasteiger partial charge in [-0.2, -0.15) is 0 Å². The lowest BCUT2D eigenvalue weighted by Crippen LogP contribution is -2.61. The van der Waals surface area contributed by atoms with E-state index < -0.39 is 92.7 Å². The molecule has 2 rings (SSSR count). The molecule has 0 radical (unpaired) electrons. The summed E-state index contributed by atoms with van der Waals surface area (Å²) in [6.45, 7) is 4.06. The molecular formula is C47H84O15. The van der Waals surface area contributed by atoms with E-state index in [0.29, 0.717) is 12.8 Å². The third-order valence-electron chi connectivity index (χ3n) is 11.5. The van der Waals surface area contributed by atoms with E-state index in [2.05, 4.69) is 25.7 Å². The zero-order valence-electron chi connectivity index (χ0n) is 37.7. The van der Waals surface area contributed by atoms with Gasteiger partial charge in [-0.1, -0.05) is 128 Å². The molecule has 2 aliphatic rings. The first-order valence-electron chi connectivity index (χ1n) is 23.9. The summed E-state index contributed by atoms with van der Waals surface area (Å²) in [7, 11) is 0. The first kappa shape index (κ1) is 56.1. The molecule has 362 valence electrons. The van der Waals surface area contributed by atoms with Crippen LogP contribution in [-0.4, -0.2) is 142 Å². The number of carbonyl (C=O) groups is 2. The van der Waals surface area contributed by atoms with Gasteiger partial charge in [0.05, 0.1) is 19.8 Å². The molecule has 2 aliphatic heterocycles. The molecule has 0 saturated carbocycles. The van der Waals surface area contributed by atoms with Crippen molar-refractivity contribution in [2.45, 2.75) is 235 Å². The van der Waals surface area contributed by atoms with Gasteiger partial charge in [0.15, 0.2) is 18.7 Å². The van der Waals surface area contributed by atoms with Crippen LogP contribution in [0.25, 0.3) is 0 Å². The molecule has 0 aliphatic carbocycles. The topological polar surface area (TPSA) is 231 Å². The Kier molecular flexibility index (Phi) is 31.9. The van der Waals surface area contributed by atoms with Crippen LogP contribution in [0.1, 0.15) is 167 Å². The first-order valence-corrected chi connectivity index (χ1v) is 23.9. The Balaban J connectivity index is 1.82. The van der Waals surface area contributed by atoms with Gasteiger partial charge in [0.1, 0.15) is 55.4 Å². The maximum Gasteiger partial charge on any atom is 0.306 e. The first-order chi connectivity index (χ1) is 30.0. The van der Waals surface area contributed by atoms with Crippen molar-refractivity contribution < 1.29 is 73.8 Å². The zero-order valence-corrected chi connectivity index (χ0v) is 37.7. The number of hydrogen-bond donors (Lipinski definition) is 7. The summed E-state index contributed by atoms with van der Waals surface area (Å²) in [4.78, 5) is 25.6. The average molecular weight is 889 g/mol. The van der Waals surface area contributed by atoms with E-state index in [1.165, 1.54) is 70.6 Å². The number of carbonyl (C=O) groups excluding carboxylic acids is 2. The van der Waals surface area contributed by atoms with Crippen molar-refractivity contribution in [2.75, 3.05) is 26.4 Å². The second-order valence-electron chi connectivity index (χ2n) is 17.0. The van der Waals surface area contributed by atoms with Crippen molar-refractivity contribution >= 4 is 11.9 Å². The number of esters is 2. The van der Waals surface area contributed by atoms with Crippen molar-refractivity contribution in [1.29, 1.82) is 0 Å². The van der Waals surface area contributed by atoms with Gasteiger partial charge < -0.3 is 64.2 Å². The van der Waals surface area contributed by atoms with Crippen molar-refractivity contribution in [2.24, 2.45) is 0 Å². The van der Waals surface area contributed by atoms with E-state index in [9.17, 15) is 45.3 Å². The molecule has 0 spiro atoms. The molecule has 15 heteroatoms. The fourth-order valence-corrected chi connectivity index (χ4v) is 7.53. The molecule has 0 aromatic rings. The van der Waals surface area contributed by atoms with Crippen molar-refractivity contribution in [1.82, 2.24) is 0 Å². The lowest BCUT2D eigenvalue weighted by molar-refractivity contribution is -0.332. The van der Waals surface area contributed by atoms with Gasteiger partial charge in [0, 0.05) is 12.8 Å². The quantitative estimate of drug-likeness (QED) is 0.0229. The Labute approximate surface area is 371 Å². The zero-order chi connectivity index (χ0) is 45.4. The number of rotatable bonds is 37. The molecule has 2 heterocycles. The maximum absolute atomic E-state index is 12.9. The molecule has 11 atom stereocenters. The predicted octanol–water partition coefficient (Wildman–Crippen LogP) is 5.60. The number of hydrogen-bond acceptors (Lipinski definition) is 15. The predicted molar refractivity (Wildman–Crippen MR) is 234 cm³/mol. The molecule has 0 aromatic carbocycles. The third kappa shape index (κ3) is 23.8. The van der Waals surface area contributed by atoms with Gasteiger partial charge >= 0.3 is 11.9 Å². The molecule has 0 bridgehead atoms. The van der Waals surface area contributed by atoms with Crippen LogP contribution >= 0.6 is 0 Å². The monoisotopic (exact) mass is 889 g/mol. The van der Waals surface area contributed by atoms with E-state index in [0.717, 1.165) is 64.2 Å². The number of allylic oxidation sites excluding steroid dienone is 3. The molecule has 15 nitrogen and oxygen atoms in total. The second-order valence-corrected chi connectivity index (χ2v) is 17.0. The van der Waals surface area contributed by atoms with E-state index in [1.807, 2.05) is 6.08 Å². The minimum atomic E-state index is -1.76. The largest absolute Gasteiger partial charge is 0.462 e. The highest BCUT2D eigenvalue weighted by Crippen LogP contribution is 2.26. The molecule has 0 aromatic heterocycles. The fourth-order valence-electron chi connectivity index (χ4n) is 7.53. The Morgan fingerprint density at radius 1 is 0.548 bits per heavy atom. The fraction of sp³-hybridized carbons (Fsp3) is 0.872. The molecule has 7 N–H and O–H groups in total. The summed E-state index contributed by atoms with van der Waals surface area (Å²) in [6, 6.07) is 0. The minimum absolute atomic E-state index is 0.155. The van der Waals surface area contributed by atoms with Crippen LogP contribution < -0.4 is 0 Å². The van der Waals surface area contributed by atoms with Gasteiger partial charge in [-0.05, 0) is 44.9 Å². The molecule has 4 unspecified atom stereocenters. The SMILES string of the molecule is C=CCCCCCCCCCCCCCCCC(=O)OC[C@H](CO[C@@H]1O[C@H](CO[C@@H]2O[C@H](CO)[C@H](O)C(O)C2O)[C@H](O)C(O)C1O)OC(=O)CCCCCCC/C=C/CCCC. The van der Waals surface area contributed by atoms with Crippen LogP contribution in [0.4, 0.5) is 0 Å². The van der Waals surface area contributed by atoms with Crippen LogP contribution in [0.3, 0.4) is 0 Å².